The standard InChI is InChI=1S/C22H17ClN6O4/c23-15-5-3-14(4-6-15)12-28-13-25-20-16(22(28)31)11-26-29(20)8-7-24-21(30)17-10-19(33-27-17)18-2-1-9-32-18/h1-6,9-11,13H,7-8,12H2,(H,24,30). The molecule has 33 heavy (non-hydrogen) atoms. The zero-order valence-electron chi connectivity index (χ0n) is 17.1. The summed E-state index contributed by atoms with van der Waals surface area (Å²) >= 11 is 5.91. The zero-order chi connectivity index (χ0) is 22.8. The number of carbonyl (C=O) groups is 1. The lowest BCUT2D eigenvalue weighted by Gasteiger charge is -2.07. The van der Waals surface area contributed by atoms with Gasteiger partial charge >= 0.3 is 0 Å². The monoisotopic (exact) mass is 464 g/mol. The number of nitrogens with one attached hydrogen (secondary N) is 1. The number of aromatic nitrogens is 5. The van der Waals surface area contributed by atoms with Crippen molar-refractivity contribution in [3.63, 3.8) is 0 Å². The largest absolute Gasteiger partial charge is 0.461 e. The SMILES string of the molecule is O=C(NCCn1ncc2c(=O)n(Cc3ccc(Cl)cc3)cnc21)c1cc(-c2ccco2)on1. The topological polar surface area (TPSA) is 121 Å². The van der Waals surface area contributed by atoms with Crippen molar-refractivity contribution in [1.82, 2.24) is 29.8 Å². The first-order chi connectivity index (χ1) is 16.1. The van der Waals surface area contributed by atoms with Gasteiger partial charge in [-0.3, -0.25) is 14.2 Å². The van der Waals surface area contributed by atoms with Crippen molar-refractivity contribution >= 4 is 28.5 Å². The van der Waals surface area contributed by atoms with E-state index in [0.29, 0.717) is 40.7 Å². The van der Waals surface area contributed by atoms with E-state index in [1.54, 1.807) is 28.9 Å². The van der Waals surface area contributed by atoms with Gasteiger partial charge in [0.25, 0.3) is 11.5 Å². The molecule has 0 aliphatic rings. The van der Waals surface area contributed by atoms with Crippen LogP contribution in [0.15, 0.2) is 75.0 Å². The van der Waals surface area contributed by atoms with Crippen LogP contribution >= 0.6 is 11.6 Å². The lowest BCUT2D eigenvalue weighted by atomic mass is 10.2. The van der Waals surface area contributed by atoms with Gasteiger partial charge in [0.2, 0.25) is 5.76 Å². The molecule has 4 aromatic heterocycles. The summed E-state index contributed by atoms with van der Waals surface area (Å²) in [5.74, 6) is 0.450. The first kappa shape index (κ1) is 20.7. The third-order valence-corrected chi connectivity index (χ3v) is 5.26. The minimum atomic E-state index is -0.397. The Kier molecular flexibility index (Phi) is 5.49. The Bertz CT molecular complexity index is 1470. The molecule has 0 fully saturated rings. The van der Waals surface area contributed by atoms with Crippen molar-refractivity contribution in [2.24, 2.45) is 0 Å². The molecule has 0 saturated carbocycles. The normalized spacial score (nSPS) is 11.2. The van der Waals surface area contributed by atoms with Gasteiger partial charge in [-0.05, 0) is 29.8 Å². The van der Waals surface area contributed by atoms with Crippen LogP contribution in [0.5, 0.6) is 0 Å². The van der Waals surface area contributed by atoms with Crippen molar-refractivity contribution in [1.29, 1.82) is 0 Å². The molecule has 0 unspecified atom stereocenters. The summed E-state index contributed by atoms with van der Waals surface area (Å²) in [5.41, 5.74) is 1.32. The Labute approximate surface area is 191 Å². The predicted octanol–water partition coefficient (Wildman–Crippen LogP) is 2.97. The minimum Gasteiger partial charge on any atom is -0.461 e. The van der Waals surface area contributed by atoms with E-state index in [1.807, 2.05) is 12.1 Å². The molecule has 0 bridgehead atoms. The first-order valence-corrected chi connectivity index (χ1v) is 10.4. The maximum absolute atomic E-state index is 12.8. The second kappa shape index (κ2) is 8.75. The molecule has 5 rings (SSSR count). The van der Waals surface area contributed by atoms with Crippen LogP contribution in [0.2, 0.25) is 5.02 Å². The summed E-state index contributed by atoms with van der Waals surface area (Å²) in [5, 5.41) is 11.8. The molecule has 0 atom stereocenters. The number of nitrogens with zero attached hydrogens (tertiary/aromatic N) is 5. The lowest BCUT2D eigenvalue weighted by Crippen LogP contribution is -2.28. The number of benzene rings is 1. The van der Waals surface area contributed by atoms with Crippen molar-refractivity contribution in [3.05, 3.63) is 87.9 Å². The molecule has 0 aliphatic heterocycles. The van der Waals surface area contributed by atoms with Gasteiger partial charge in [0, 0.05) is 17.6 Å². The summed E-state index contributed by atoms with van der Waals surface area (Å²) in [4.78, 5) is 29.6. The highest BCUT2D eigenvalue weighted by Gasteiger charge is 2.15. The molecule has 10 nitrogen and oxygen atoms in total. The van der Waals surface area contributed by atoms with Gasteiger partial charge in [-0.25, -0.2) is 9.67 Å². The van der Waals surface area contributed by atoms with Crippen LogP contribution in [0.4, 0.5) is 0 Å². The average Bonchev–Trinajstić information content (AvgIpc) is 3.58. The summed E-state index contributed by atoms with van der Waals surface area (Å²) in [6.07, 6.45) is 4.48. The Morgan fingerprint density at radius 3 is 2.79 bits per heavy atom. The average molecular weight is 465 g/mol. The summed E-state index contributed by atoms with van der Waals surface area (Å²) < 4.78 is 13.4. The minimum absolute atomic E-state index is 0.134. The number of furan rings is 1. The number of hydrogen-bond acceptors (Lipinski definition) is 7. The van der Waals surface area contributed by atoms with Gasteiger partial charge in [0.05, 0.1) is 25.5 Å². The Hall–Kier alpha value is -4.18. The smallest absolute Gasteiger partial charge is 0.273 e. The van der Waals surface area contributed by atoms with Crippen LogP contribution in [0.1, 0.15) is 16.1 Å². The molecule has 1 amide bonds. The van der Waals surface area contributed by atoms with Gasteiger partial charge in [-0.1, -0.05) is 28.9 Å². The Morgan fingerprint density at radius 2 is 2.00 bits per heavy atom. The molecule has 0 radical (unpaired) electrons. The number of rotatable bonds is 7. The summed E-state index contributed by atoms with van der Waals surface area (Å²) in [6, 6.07) is 12.2. The molecular formula is C22H17ClN6O4. The van der Waals surface area contributed by atoms with Crippen LogP contribution in [-0.2, 0) is 13.1 Å². The number of carbonyl (C=O) groups excluding carboxylic acids is 1. The molecular weight excluding hydrogens is 448 g/mol. The van der Waals surface area contributed by atoms with Crippen molar-refractivity contribution in [2.75, 3.05) is 6.54 Å². The van der Waals surface area contributed by atoms with E-state index in [9.17, 15) is 9.59 Å². The van der Waals surface area contributed by atoms with E-state index in [-0.39, 0.29) is 17.8 Å². The van der Waals surface area contributed by atoms with Gasteiger partial charge in [-0.15, -0.1) is 0 Å². The van der Waals surface area contributed by atoms with Crippen molar-refractivity contribution in [3.8, 4) is 11.5 Å². The highest BCUT2D eigenvalue weighted by Crippen LogP contribution is 2.20. The maximum atomic E-state index is 12.8. The van der Waals surface area contributed by atoms with E-state index >= 15 is 0 Å². The van der Waals surface area contributed by atoms with E-state index in [0.717, 1.165) is 5.56 Å². The predicted molar refractivity (Wildman–Crippen MR) is 119 cm³/mol. The second-order valence-electron chi connectivity index (χ2n) is 7.22. The first-order valence-electron chi connectivity index (χ1n) is 10.0. The highest BCUT2D eigenvalue weighted by molar-refractivity contribution is 6.30. The number of hydrogen-bond donors (Lipinski definition) is 1. The van der Waals surface area contributed by atoms with Crippen molar-refractivity contribution in [2.45, 2.75) is 13.1 Å². The fraction of sp³-hybridized carbons (Fsp3) is 0.136. The molecule has 166 valence electrons. The van der Waals surface area contributed by atoms with Crippen LogP contribution in [-0.4, -0.2) is 36.9 Å². The molecule has 1 aromatic carbocycles. The van der Waals surface area contributed by atoms with Gasteiger partial charge < -0.3 is 14.3 Å². The molecule has 0 spiro atoms. The molecule has 4 heterocycles. The fourth-order valence-electron chi connectivity index (χ4n) is 3.34. The van der Waals surface area contributed by atoms with Crippen LogP contribution in [0.3, 0.4) is 0 Å². The Balaban J connectivity index is 1.24. The fourth-order valence-corrected chi connectivity index (χ4v) is 3.47. The van der Waals surface area contributed by atoms with Crippen molar-refractivity contribution < 1.29 is 13.7 Å². The van der Waals surface area contributed by atoms with E-state index in [4.69, 9.17) is 20.5 Å². The summed E-state index contributed by atoms with van der Waals surface area (Å²) in [6.45, 7) is 0.956. The molecule has 5 aromatic rings. The van der Waals surface area contributed by atoms with Gasteiger partial charge in [0.15, 0.2) is 17.1 Å². The van der Waals surface area contributed by atoms with E-state index in [2.05, 4.69) is 20.6 Å². The Morgan fingerprint density at radius 1 is 1.15 bits per heavy atom. The van der Waals surface area contributed by atoms with Crippen LogP contribution < -0.4 is 10.9 Å². The quantitative estimate of drug-likeness (QED) is 0.393. The highest BCUT2D eigenvalue weighted by atomic mass is 35.5. The summed E-state index contributed by atoms with van der Waals surface area (Å²) in [7, 11) is 0. The van der Waals surface area contributed by atoms with E-state index in [1.165, 1.54) is 29.4 Å². The molecule has 1 N–H and O–H groups in total. The zero-order valence-corrected chi connectivity index (χ0v) is 17.9. The molecule has 0 aliphatic carbocycles. The maximum Gasteiger partial charge on any atom is 0.273 e. The third kappa shape index (κ3) is 4.28. The number of fused-ring (bicyclic) bond motifs is 1. The second-order valence-corrected chi connectivity index (χ2v) is 7.66. The van der Waals surface area contributed by atoms with E-state index < -0.39 is 5.91 Å². The lowest BCUT2D eigenvalue weighted by molar-refractivity contribution is 0.0943. The number of amides is 1. The van der Waals surface area contributed by atoms with Crippen LogP contribution in [0, 0.1) is 0 Å². The third-order valence-electron chi connectivity index (χ3n) is 5.00. The molecule has 0 saturated heterocycles. The van der Waals surface area contributed by atoms with Gasteiger partial charge in [0.1, 0.15) is 11.7 Å². The number of halogens is 1. The van der Waals surface area contributed by atoms with Crippen LogP contribution in [0.25, 0.3) is 22.6 Å². The van der Waals surface area contributed by atoms with Gasteiger partial charge in [-0.2, -0.15) is 5.10 Å². The molecule has 11 heteroatoms.